The summed E-state index contributed by atoms with van der Waals surface area (Å²) in [6.45, 7) is 0. The van der Waals surface area contributed by atoms with E-state index in [9.17, 15) is 14.7 Å². The molecule has 2 rings (SSSR count). The van der Waals surface area contributed by atoms with Gasteiger partial charge >= 0.3 is 11.9 Å². The molecule has 0 aromatic carbocycles. The van der Waals surface area contributed by atoms with Gasteiger partial charge in [-0.2, -0.15) is 0 Å². The molecule has 0 atom stereocenters. The largest absolute Gasteiger partial charge is 0.481 e. The van der Waals surface area contributed by atoms with Crippen molar-refractivity contribution in [2.24, 2.45) is 10.8 Å². The van der Waals surface area contributed by atoms with Crippen molar-refractivity contribution in [1.29, 1.82) is 0 Å². The maximum absolute atomic E-state index is 11.1. The van der Waals surface area contributed by atoms with Gasteiger partial charge in [0.25, 0.3) is 0 Å². The summed E-state index contributed by atoms with van der Waals surface area (Å²) < 4.78 is 7.97. The number of aliphatic carboxylic acids is 2. The first-order valence-electron chi connectivity index (χ1n) is 9.91. The van der Waals surface area contributed by atoms with Crippen LogP contribution in [-0.4, -0.2) is 33.3 Å². The van der Waals surface area contributed by atoms with Gasteiger partial charge in [-0.25, -0.2) is 0 Å². The third-order valence-electron chi connectivity index (χ3n) is 5.86. The SMILES string of the molecule is [2H]C(O)(CCCCCC1(C(=O)O)CC1)CCCCCC1(C(=O)O)CC1. The Kier molecular flexibility index (Phi) is 6.14. The van der Waals surface area contributed by atoms with Gasteiger partial charge in [-0.1, -0.05) is 38.5 Å². The van der Waals surface area contributed by atoms with Crippen LogP contribution in [0.15, 0.2) is 0 Å². The predicted octanol–water partition coefficient (Wildman–Crippen LogP) is 3.98. The average Bonchev–Trinajstić information content (AvgIpc) is 3.41. The van der Waals surface area contributed by atoms with Gasteiger partial charge in [0.05, 0.1) is 18.3 Å². The van der Waals surface area contributed by atoms with Crippen molar-refractivity contribution in [3.8, 4) is 0 Å². The fourth-order valence-electron chi connectivity index (χ4n) is 3.51. The van der Waals surface area contributed by atoms with E-state index >= 15 is 0 Å². The second kappa shape index (κ2) is 8.32. The monoisotopic (exact) mass is 341 g/mol. The maximum Gasteiger partial charge on any atom is 0.309 e. The molecule has 2 aliphatic rings. The van der Waals surface area contributed by atoms with Crippen LogP contribution in [0.5, 0.6) is 0 Å². The molecule has 0 bridgehead atoms. The highest BCUT2D eigenvalue weighted by Gasteiger charge is 2.49. The molecule has 5 nitrogen and oxygen atoms in total. The van der Waals surface area contributed by atoms with Gasteiger partial charge in [0.15, 0.2) is 0 Å². The first kappa shape index (κ1) is 17.7. The molecule has 3 N–H and O–H groups in total. The molecule has 2 saturated carbocycles. The van der Waals surface area contributed by atoms with Crippen LogP contribution in [0, 0.1) is 10.8 Å². The highest BCUT2D eigenvalue weighted by Crippen LogP contribution is 2.50. The van der Waals surface area contributed by atoms with Gasteiger partial charge in [-0.05, 0) is 51.4 Å². The van der Waals surface area contributed by atoms with Gasteiger partial charge in [0.2, 0.25) is 0 Å². The standard InChI is InChI=1S/C19H32O5/c20-15(7-3-1-5-9-18(11-12-18)16(21)22)8-4-2-6-10-19(13-14-19)17(23)24/h15,20H,1-14H2,(H,21,22)(H,23,24)/i15D. The Morgan fingerprint density at radius 1 is 0.792 bits per heavy atom. The van der Waals surface area contributed by atoms with Crippen molar-refractivity contribution in [3.63, 3.8) is 0 Å². The lowest BCUT2D eigenvalue weighted by Gasteiger charge is -2.12. The second-order valence-electron chi connectivity index (χ2n) is 7.86. The van der Waals surface area contributed by atoms with E-state index in [4.69, 9.17) is 11.6 Å². The molecule has 2 fully saturated rings. The van der Waals surface area contributed by atoms with E-state index in [1.807, 2.05) is 0 Å². The Morgan fingerprint density at radius 3 is 1.46 bits per heavy atom. The molecule has 0 aromatic rings. The topological polar surface area (TPSA) is 94.8 Å². The smallest absolute Gasteiger partial charge is 0.309 e. The number of carboxylic acid groups (broad SMARTS) is 2. The zero-order valence-corrected chi connectivity index (χ0v) is 14.6. The van der Waals surface area contributed by atoms with Crippen LogP contribution in [0.25, 0.3) is 0 Å². The molecule has 0 saturated heterocycles. The number of unbranched alkanes of at least 4 members (excludes halogenated alkanes) is 4. The molecule has 0 unspecified atom stereocenters. The van der Waals surface area contributed by atoms with Gasteiger partial charge in [-0.15, -0.1) is 0 Å². The maximum atomic E-state index is 11.1. The number of carboxylic acids is 2. The molecule has 5 heteroatoms. The van der Waals surface area contributed by atoms with E-state index in [0.29, 0.717) is 25.7 Å². The fourth-order valence-corrected chi connectivity index (χ4v) is 3.51. The summed E-state index contributed by atoms with van der Waals surface area (Å²) in [5, 5.41) is 28.3. The van der Waals surface area contributed by atoms with Crippen LogP contribution < -0.4 is 0 Å². The van der Waals surface area contributed by atoms with Crippen molar-refractivity contribution in [2.75, 3.05) is 0 Å². The first-order chi connectivity index (χ1) is 11.7. The third-order valence-corrected chi connectivity index (χ3v) is 5.86. The van der Waals surface area contributed by atoms with E-state index in [0.717, 1.165) is 64.2 Å². The summed E-state index contributed by atoms with van der Waals surface area (Å²) >= 11 is 0. The minimum atomic E-state index is -1.41. The Labute approximate surface area is 145 Å². The number of rotatable bonds is 14. The minimum absolute atomic E-state index is 0.423. The number of hydrogen-bond donors (Lipinski definition) is 3. The van der Waals surface area contributed by atoms with E-state index in [-0.39, 0.29) is 0 Å². The summed E-state index contributed by atoms with van der Waals surface area (Å²) in [5.74, 6) is -1.36. The van der Waals surface area contributed by atoms with Crippen molar-refractivity contribution in [1.82, 2.24) is 0 Å². The summed E-state index contributed by atoms with van der Waals surface area (Å²) in [7, 11) is 0. The van der Waals surface area contributed by atoms with Crippen LogP contribution in [0.3, 0.4) is 0 Å². The predicted molar refractivity (Wildman–Crippen MR) is 90.8 cm³/mol. The molecule has 0 heterocycles. The molecule has 0 aromatic heterocycles. The number of hydrogen-bond acceptors (Lipinski definition) is 3. The Hall–Kier alpha value is -1.10. The van der Waals surface area contributed by atoms with Crippen molar-refractivity contribution in [3.05, 3.63) is 0 Å². The van der Waals surface area contributed by atoms with Crippen molar-refractivity contribution in [2.45, 2.75) is 96.0 Å². The van der Waals surface area contributed by atoms with Gasteiger partial charge in [0.1, 0.15) is 0 Å². The lowest BCUT2D eigenvalue weighted by atomic mass is 9.96. The highest BCUT2D eigenvalue weighted by atomic mass is 16.4. The molecule has 0 radical (unpaired) electrons. The zero-order valence-electron chi connectivity index (χ0n) is 15.6. The van der Waals surface area contributed by atoms with E-state index in [1.54, 1.807) is 0 Å². The Balaban J connectivity index is 1.48. The van der Waals surface area contributed by atoms with Crippen LogP contribution in [-0.2, 0) is 9.59 Å². The summed E-state index contributed by atoms with van der Waals surface area (Å²) in [5.41, 5.74) is -0.932. The normalized spacial score (nSPS) is 21.1. The first-order valence-corrected chi connectivity index (χ1v) is 9.41. The van der Waals surface area contributed by atoms with Crippen LogP contribution in [0.2, 0.25) is 0 Å². The number of aliphatic hydroxyl groups is 1. The molecule has 0 aliphatic heterocycles. The average molecular weight is 341 g/mol. The van der Waals surface area contributed by atoms with Gasteiger partial charge < -0.3 is 15.3 Å². The Bertz CT molecular complexity index is 438. The van der Waals surface area contributed by atoms with E-state index in [1.165, 1.54) is 0 Å². The summed E-state index contributed by atoms with van der Waals surface area (Å²) in [6, 6.07) is 0. The Morgan fingerprint density at radius 2 is 1.17 bits per heavy atom. The van der Waals surface area contributed by atoms with Crippen LogP contribution in [0.1, 0.15) is 91.3 Å². The molecule has 0 spiro atoms. The minimum Gasteiger partial charge on any atom is -0.481 e. The molecule has 0 amide bonds. The van der Waals surface area contributed by atoms with E-state index in [2.05, 4.69) is 0 Å². The highest BCUT2D eigenvalue weighted by molar-refractivity contribution is 5.78. The summed E-state index contributed by atoms with van der Waals surface area (Å²) in [4.78, 5) is 22.2. The second-order valence-corrected chi connectivity index (χ2v) is 7.86. The molecular weight excluding hydrogens is 308 g/mol. The number of carbonyl (C=O) groups is 2. The van der Waals surface area contributed by atoms with Gasteiger partial charge in [-0.3, -0.25) is 9.59 Å². The fraction of sp³-hybridized carbons (Fsp3) is 0.895. The molecule has 24 heavy (non-hydrogen) atoms. The molecular formula is C19H32O5. The molecule has 138 valence electrons. The van der Waals surface area contributed by atoms with Crippen molar-refractivity contribution >= 4 is 11.9 Å². The van der Waals surface area contributed by atoms with Crippen LogP contribution >= 0.6 is 0 Å². The van der Waals surface area contributed by atoms with E-state index < -0.39 is 28.8 Å². The lowest BCUT2D eigenvalue weighted by molar-refractivity contribution is -0.144. The van der Waals surface area contributed by atoms with Gasteiger partial charge in [0, 0.05) is 0 Å². The van der Waals surface area contributed by atoms with Crippen LogP contribution in [0.4, 0.5) is 0 Å². The lowest BCUT2D eigenvalue weighted by Crippen LogP contribution is -2.14. The quantitative estimate of drug-likeness (QED) is 0.415. The van der Waals surface area contributed by atoms with Crippen molar-refractivity contribution < 1.29 is 26.3 Å². The third kappa shape index (κ3) is 5.47. The summed E-state index contributed by atoms with van der Waals surface area (Å²) in [6.07, 6.45) is 8.91. The zero-order chi connectivity index (χ0) is 18.6. The molecule has 2 aliphatic carbocycles.